The molecule has 1 atom stereocenters. The third-order valence-corrected chi connectivity index (χ3v) is 2.76. The van der Waals surface area contributed by atoms with Crippen LogP contribution in [0.1, 0.15) is 24.2 Å². The lowest BCUT2D eigenvalue weighted by atomic mass is 9.97. The van der Waals surface area contributed by atoms with E-state index >= 15 is 0 Å². The third kappa shape index (κ3) is 3.87. The summed E-state index contributed by atoms with van der Waals surface area (Å²) in [6.45, 7) is 2.44. The monoisotopic (exact) mass is 328 g/mol. The van der Waals surface area contributed by atoms with Crippen molar-refractivity contribution >= 4 is 17.7 Å². The van der Waals surface area contributed by atoms with Crippen LogP contribution in [0, 0.1) is 11.6 Å². The summed E-state index contributed by atoms with van der Waals surface area (Å²) in [6.07, 6.45) is 0. The molecule has 1 aromatic rings. The number of ether oxygens (including phenoxy) is 2. The number of aliphatic hydroxyl groups is 1. The van der Waals surface area contributed by atoms with E-state index in [2.05, 4.69) is 4.74 Å². The molecule has 23 heavy (non-hydrogen) atoms. The Bertz CT molecular complexity index is 666. The second-order valence-electron chi connectivity index (χ2n) is 4.23. The van der Waals surface area contributed by atoms with Gasteiger partial charge < -0.3 is 14.6 Å². The SMILES string of the molecule is CCOC(=O)C(O)(OCC)C(=C=O)C(=O)c1ccc(F)c(F)c1. The molecule has 0 aliphatic heterocycles. The minimum Gasteiger partial charge on any atom is -0.462 e. The first-order valence-corrected chi connectivity index (χ1v) is 6.60. The zero-order chi connectivity index (χ0) is 17.6. The highest BCUT2D eigenvalue weighted by Gasteiger charge is 2.48. The number of carbonyl (C=O) groups excluding carboxylic acids is 3. The average Bonchev–Trinajstić information content (AvgIpc) is 2.51. The third-order valence-electron chi connectivity index (χ3n) is 2.76. The molecule has 0 amide bonds. The Balaban J connectivity index is 3.32. The molecule has 0 saturated carbocycles. The van der Waals surface area contributed by atoms with Gasteiger partial charge in [0.25, 0.3) is 0 Å². The summed E-state index contributed by atoms with van der Waals surface area (Å²) >= 11 is 0. The van der Waals surface area contributed by atoms with E-state index in [0.29, 0.717) is 12.1 Å². The molecular formula is C15H14F2O6. The fraction of sp³-hybridized carbons (Fsp3) is 0.333. The normalized spacial score (nSPS) is 12.9. The maximum Gasteiger partial charge on any atom is 0.372 e. The van der Waals surface area contributed by atoms with Gasteiger partial charge in [-0.05, 0) is 32.0 Å². The van der Waals surface area contributed by atoms with E-state index in [0.717, 1.165) is 12.0 Å². The van der Waals surface area contributed by atoms with Crippen LogP contribution in [0.3, 0.4) is 0 Å². The van der Waals surface area contributed by atoms with E-state index < -0.39 is 40.3 Å². The Kier molecular flexibility index (Phi) is 6.27. The first-order chi connectivity index (χ1) is 10.8. The molecule has 1 N–H and O–H groups in total. The van der Waals surface area contributed by atoms with Crippen LogP contribution >= 0.6 is 0 Å². The van der Waals surface area contributed by atoms with E-state index in [4.69, 9.17) is 4.74 Å². The zero-order valence-electron chi connectivity index (χ0n) is 12.4. The maximum atomic E-state index is 13.2. The van der Waals surface area contributed by atoms with Crippen molar-refractivity contribution in [1.82, 2.24) is 0 Å². The predicted octanol–water partition coefficient (Wildman–Crippen LogP) is 1.19. The van der Waals surface area contributed by atoms with Crippen molar-refractivity contribution < 1.29 is 37.7 Å². The van der Waals surface area contributed by atoms with E-state index in [1.54, 1.807) is 0 Å². The molecule has 0 aliphatic rings. The number of esters is 1. The number of carbonyl (C=O) groups is 2. The lowest BCUT2D eigenvalue weighted by Gasteiger charge is -2.25. The van der Waals surface area contributed by atoms with Crippen molar-refractivity contribution in [3.8, 4) is 0 Å². The van der Waals surface area contributed by atoms with Gasteiger partial charge in [0, 0.05) is 12.2 Å². The Morgan fingerprint density at radius 2 is 1.87 bits per heavy atom. The minimum atomic E-state index is -2.99. The van der Waals surface area contributed by atoms with Crippen molar-refractivity contribution in [2.75, 3.05) is 13.2 Å². The quantitative estimate of drug-likeness (QED) is 0.266. The van der Waals surface area contributed by atoms with Crippen LogP contribution in [-0.2, 0) is 19.1 Å². The zero-order valence-corrected chi connectivity index (χ0v) is 12.4. The fourth-order valence-electron chi connectivity index (χ4n) is 1.72. The molecule has 0 aromatic heterocycles. The summed E-state index contributed by atoms with van der Waals surface area (Å²) in [5, 5.41) is 10.2. The first-order valence-electron chi connectivity index (χ1n) is 6.60. The topological polar surface area (TPSA) is 89.9 Å². The van der Waals surface area contributed by atoms with Crippen molar-refractivity contribution in [1.29, 1.82) is 0 Å². The van der Waals surface area contributed by atoms with Gasteiger partial charge in [0.05, 0.1) is 6.61 Å². The van der Waals surface area contributed by atoms with Crippen LogP contribution in [0.15, 0.2) is 23.8 Å². The molecule has 6 nitrogen and oxygen atoms in total. The molecule has 0 radical (unpaired) electrons. The molecule has 8 heteroatoms. The van der Waals surface area contributed by atoms with Gasteiger partial charge in [-0.25, -0.2) is 18.4 Å². The molecule has 0 heterocycles. The fourth-order valence-corrected chi connectivity index (χ4v) is 1.72. The summed E-state index contributed by atoms with van der Waals surface area (Å²) < 4.78 is 35.5. The summed E-state index contributed by atoms with van der Waals surface area (Å²) in [4.78, 5) is 35.2. The molecule has 0 bridgehead atoms. The van der Waals surface area contributed by atoms with Crippen LogP contribution in [0.25, 0.3) is 0 Å². The number of Topliss-reactive ketones (excluding diaryl/α,β-unsaturated/α-hetero) is 1. The number of rotatable bonds is 7. The van der Waals surface area contributed by atoms with Gasteiger partial charge in [0.15, 0.2) is 17.2 Å². The summed E-state index contributed by atoms with van der Waals surface area (Å²) in [5.41, 5.74) is -1.59. The van der Waals surface area contributed by atoms with Gasteiger partial charge in [-0.1, -0.05) is 0 Å². The summed E-state index contributed by atoms with van der Waals surface area (Å²) in [6, 6.07) is 2.07. The number of halogens is 2. The summed E-state index contributed by atoms with van der Waals surface area (Å²) in [5.74, 6) is -7.05. The van der Waals surface area contributed by atoms with Gasteiger partial charge in [-0.3, -0.25) is 4.79 Å². The minimum absolute atomic E-state index is 0.153. The molecule has 0 fully saturated rings. The van der Waals surface area contributed by atoms with Crippen molar-refractivity contribution in [3.63, 3.8) is 0 Å². The van der Waals surface area contributed by atoms with Gasteiger partial charge in [0.1, 0.15) is 5.94 Å². The Morgan fingerprint density at radius 1 is 1.22 bits per heavy atom. The van der Waals surface area contributed by atoms with Gasteiger partial charge >= 0.3 is 11.8 Å². The van der Waals surface area contributed by atoms with Crippen LogP contribution in [-0.4, -0.2) is 41.8 Å². The smallest absolute Gasteiger partial charge is 0.372 e. The van der Waals surface area contributed by atoms with Crippen molar-refractivity contribution in [3.05, 3.63) is 41.0 Å². The number of ketones is 1. The maximum absolute atomic E-state index is 13.2. The average molecular weight is 328 g/mol. The molecule has 1 unspecified atom stereocenters. The Morgan fingerprint density at radius 3 is 2.35 bits per heavy atom. The summed E-state index contributed by atoms with van der Waals surface area (Å²) in [7, 11) is 0. The van der Waals surface area contributed by atoms with Crippen LogP contribution < -0.4 is 0 Å². The van der Waals surface area contributed by atoms with Crippen LogP contribution in [0.5, 0.6) is 0 Å². The van der Waals surface area contributed by atoms with E-state index in [9.17, 15) is 28.3 Å². The first kappa shape index (κ1) is 18.6. The number of hydrogen-bond acceptors (Lipinski definition) is 6. The molecule has 1 rings (SSSR count). The van der Waals surface area contributed by atoms with Crippen molar-refractivity contribution in [2.45, 2.75) is 19.6 Å². The Hall–Kier alpha value is -2.41. The largest absolute Gasteiger partial charge is 0.462 e. The van der Waals surface area contributed by atoms with E-state index in [-0.39, 0.29) is 13.2 Å². The highest BCUT2D eigenvalue weighted by Crippen LogP contribution is 2.23. The number of hydrogen-bond donors (Lipinski definition) is 1. The standard InChI is InChI=1S/C15H14F2O6/c1-3-22-14(20)15(21,23-4-2)10(8-18)13(19)9-5-6-11(16)12(17)7-9/h5-7,21H,3-4H2,1-2H3. The van der Waals surface area contributed by atoms with Gasteiger partial charge in [0.2, 0.25) is 5.78 Å². The van der Waals surface area contributed by atoms with E-state index in [1.165, 1.54) is 13.8 Å². The predicted molar refractivity (Wildman–Crippen MR) is 73.1 cm³/mol. The molecule has 0 aliphatic carbocycles. The Labute approximate surface area is 130 Å². The van der Waals surface area contributed by atoms with Crippen LogP contribution in [0.4, 0.5) is 8.78 Å². The molecule has 0 spiro atoms. The molecule has 0 saturated heterocycles. The second kappa shape index (κ2) is 7.73. The van der Waals surface area contributed by atoms with Gasteiger partial charge in [-0.2, -0.15) is 0 Å². The lowest BCUT2D eigenvalue weighted by Crippen LogP contribution is -2.47. The van der Waals surface area contributed by atoms with Crippen molar-refractivity contribution in [2.24, 2.45) is 0 Å². The second-order valence-corrected chi connectivity index (χ2v) is 4.23. The molecular weight excluding hydrogens is 314 g/mol. The van der Waals surface area contributed by atoms with E-state index in [1.807, 2.05) is 0 Å². The molecule has 124 valence electrons. The van der Waals surface area contributed by atoms with Crippen LogP contribution in [0.2, 0.25) is 0 Å². The highest BCUT2D eigenvalue weighted by atomic mass is 19.2. The lowest BCUT2D eigenvalue weighted by molar-refractivity contribution is -0.210. The molecule has 1 aromatic carbocycles. The number of benzene rings is 1. The highest BCUT2D eigenvalue weighted by molar-refractivity contribution is 6.17. The van der Waals surface area contributed by atoms with Gasteiger partial charge in [-0.15, -0.1) is 0 Å².